The number of para-hydroxylation sites is 1. The summed E-state index contributed by atoms with van der Waals surface area (Å²) in [7, 11) is -3.57. The summed E-state index contributed by atoms with van der Waals surface area (Å²) >= 11 is 1.56. The van der Waals surface area contributed by atoms with E-state index in [0.717, 1.165) is 18.1 Å². The Morgan fingerprint density at radius 2 is 1.81 bits per heavy atom. The van der Waals surface area contributed by atoms with Gasteiger partial charge in [-0.25, -0.2) is 18.1 Å². The molecule has 2 aromatic carbocycles. The van der Waals surface area contributed by atoms with Crippen LogP contribution in [-0.4, -0.2) is 32.5 Å². The number of nitrogens with one attached hydrogen (secondary N) is 1. The fourth-order valence-electron chi connectivity index (χ4n) is 3.00. The molecule has 140 valence electrons. The van der Waals surface area contributed by atoms with Crippen LogP contribution >= 0.6 is 11.3 Å². The molecule has 4 rings (SSSR count). The van der Waals surface area contributed by atoms with Crippen LogP contribution in [0, 0.1) is 0 Å². The Hall–Kier alpha value is -2.42. The summed E-state index contributed by atoms with van der Waals surface area (Å²) in [5, 5.41) is 2.85. The molecule has 1 N–H and O–H groups in total. The van der Waals surface area contributed by atoms with Crippen molar-refractivity contribution >= 4 is 26.5 Å². The number of aromatic nitrogens is 1. The average molecular weight is 402 g/mol. The molecule has 6 nitrogen and oxygen atoms in total. The lowest BCUT2D eigenvalue weighted by molar-refractivity contribution is 0.482. The molecule has 1 atom stereocenters. The van der Waals surface area contributed by atoms with Gasteiger partial charge in [0.25, 0.3) is 0 Å². The molecule has 0 saturated carbocycles. The van der Waals surface area contributed by atoms with Gasteiger partial charge in [-0.3, -0.25) is 0 Å². The van der Waals surface area contributed by atoms with Gasteiger partial charge in [-0.05, 0) is 42.8 Å². The third kappa shape index (κ3) is 4.29. The van der Waals surface area contributed by atoms with Crippen LogP contribution in [0.15, 0.2) is 71.1 Å². The van der Waals surface area contributed by atoms with Crippen molar-refractivity contribution in [2.75, 3.05) is 18.0 Å². The zero-order valence-corrected chi connectivity index (χ0v) is 16.1. The third-order valence-corrected chi connectivity index (χ3v) is 6.68. The molecule has 0 radical (unpaired) electrons. The smallest absolute Gasteiger partial charge is 0.240 e. The Labute approximate surface area is 162 Å². The van der Waals surface area contributed by atoms with E-state index >= 15 is 0 Å². The predicted octanol–water partition coefficient (Wildman–Crippen LogP) is 3.49. The average Bonchev–Trinajstić information content (AvgIpc) is 3.34. The highest BCUT2D eigenvalue weighted by Gasteiger charge is 2.28. The number of hydrogen-bond donors (Lipinski definition) is 1. The van der Waals surface area contributed by atoms with Crippen molar-refractivity contribution in [3.63, 3.8) is 0 Å². The molecule has 2 heterocycles. The van der Waals surface area contributed by atoms with Gasteiger partial charge in [0.05, 0.1) is 4.90 Å². The minimum absolute atomic E-state index is 0.126. The summed E-state index contributed by atoms with van der Waals surface area (Å²) in [5.74, 6) is 1.30. The van der Waals surface area contributed by atoms with Crippen LogP contribution in [0.5, 0.6) is 11.5 Å². The molecule has 3 aromatic rings. The minimum Gasteiger partial charge on any atom is -0.457 e. The van der Waals surface area contributed by atoms with Gasteiger partial charge in [0, 0.05) is 30.7 Å². The van der Waals surface area contributed by atoms with Gasteiger partial charge in [0.2, 0.25) is 10.0 Å². The molecule has 1 aliphatic rings. The Kier molecular flexibility index (Phi) is 5.11. The van der Waals surface area contributed by atoms with E-state index < -0.39 is 10.0 Å². The van der Waals surface area contributed by atoms with Crippen LogP contribution in [0.25, 0.3) is 0 Å². The lowest BCUT2D eigenvalue weighted by atomic mass is 10.3. The standard InChI is InChI=1S/C19H19N3O3S2/c23-27(24,21-15-10-12-22(14-15)19-20-11-13-26-19)18-8-6-17(7-9-18)25-16-4-2-1-3-5-16/h1-9,11,13,15,21H,10,12,14H2. The highest BCUT2D eigenvalue weighted by molar-refractivity contribution is 7.89. The van der Waals surface area contributed by atoms with Crippen LogP contribution in [0.4, 0.5) is 5.13 Å². The van der Waals surface area contributed by atoms with Gasteiger partial charge in [0.1, 0.15) is 11.5 Å². The number of hydrogen-bond acceptors (Lipinski definition) is 6. The summed E-state index contributed by atoms with van der Waals surface area (Å²) in [6.07, 6.45) is 2.52. The quantitative estimate of drug-likeness (QED) is 0.685. The van der Waals surface area contributed by atoms with Crippen molar-refractivity contribution in [1.82, 2.24) is 9.71 Å². The second kappa shape index (κ2) is 7.67. The van der Waals surface area contributed by atoms with E-state index in [1.54, 1.807) is 41.8 Å². The van der Waals surface area contributed by atoms with E-state index in [0.29, 0.717) is 18.0 Å². The van der Waals surface area contributed by atoms with Gasteiger partial charge in [0.15, 0.2) is 5.13 Å². The maximum absolute atomic E-state index is 12.7. The first-order chi connectivity index (χ1) is 13.1. The largest absolute Gasteiger partial charge is 0.457 e. The van der Waals surface area contributed by atoms with Crippen molar-refractivity contribution in [2.45, 2.75) is 17.4 Å². The van der Waals surface area contributed by atoms with Crippen LogP contribution < -0.4 is 14.4 Å². The highest BCUT2D eigenvalue weighted by atomic mass is 32.2. The summed E-state index contributed by atoms with van der Waals surface area (Å²) < 4.78 is 33.8. The topological polar surface area (TPSA) is 71.5 Å². The van der Waals surface area contributed by atoms with Crippen LogP contribution in [0.2, 0.25) is 0 Å². The first kappa shape index (κ1) is 18.0. The zero-order valence-electron chi connectivity index (χ0n) is 14.5. The zero-order chi connectivity index (χ0) is 18.7. The number of ether oxygens (including phenoxy) is 1. The fourth-order valence-corrected chi connectivity index (χ4v) is 4.94. The molecular formula is C19H19N3O3S2. The number of anilines is 1. The Morgan fingerprint density at radius 1 is 1.07 bits per heavy atom. The molecule has 1 aromatic heterocycles. The van der Waals surface area contributed by atoms with Gasteiger partial charge < -0.3 is 9.64 Å². The van der Waals surface area contributed by atoms with Crippen LogP contribution in [-0.2, 0) is 10.0 Å². The van der Waals surface area contributed by atoms with Crippen molar-refractivity contribution in [3.05, 3.63) is 66.2 Å². The minimum atomic E-state index is -3.57. The van der Waals surface area contributed by atoms with Crippen LogP contribution in [0.3, 0.4) is 0 Å². The van der Waals surface area contributed by atoms with E-state index in [4.69, 9.17) is 4.74 Å². The molecule has 0 bridgehead atoms. The summed E-state index contributed by atoms with van der Waals surface area (Å²) in [4.78, 5) is 6.62. The number of thiazole rings is 1. The molecule has 1 aliphatic heterocycles. The van der Waals surface area contributed by atoms with Gasteiger partial charge >= 0.3 is 0 Å². The van der Waals surface area contributed by atoms with E-state index in [-0.39, 0.29) is 10.9 Å². The lowest BCUT2D eigenvalue weighted by Gasteiger charge is -2.16. The van der Waals surface area contributed by atoms with Crippen LogP contribution in [0.1, 0.15) is 6.42 Å². The second-order valence-corrected chi connectivity index (χ2v) is 8.84. The molecule has 1 unspecified atom stereocenters. The lowest BCUT2D eigenvalue weighted by Crippen LogP contribution is -2.37. The SMILES string of the molecule is O=S(=O)(NC1CCN(c2nccs2)C1)c1ccc(Oc2ccccc2)cc1. The van der Waals surface area contributed by atoms with Gasteiger partial charge in [-0.1, -0.05) is 18.2 Å². The molecule has 8 heteroatoms. The third-order valence-electron chi connectivity index (χ3n) is 4.31. The first-order valence-electron chi connectivity index (χ1n) is 8.60. The first-order valence-corrected chi connectivity index (χ1v) is 11.0. The Morgan fingerprint density at radius 3 is 2.52 bits per heavy atom. The van der Waals surface area contributed by atoms with E-state index in [1.807, 2.05) is 35.7 Å². The molecule has 0 aliphatic carbocycles. The van der Waals surface area contributed by atoms with Crippen molar-refractivity contribution in [3.8, 4) is 11.5 Å². The normalized spacial score (nSPS) is 17.2. The Balaban J connectivity index is 1.40. The monoisotopic (exact) mass is 401 g/mol. The molecule has 27 heavy (non-hydrogen) atoms. The van der Waals surface area contributed by atoms with Gasteiger partial charge in [-0.2, -0.15) is 0 Å². The number of rotatable bonds is 6. The van der Waals surface area contributed by atoms with E-state index in [2.05, 4.69) is 14.6 Å². The van der Waals surface area contributed by atoms with Gasteiger partial charge in [-0.15, -0.1) is 11.3 Å². The van der Waals surface area contributed by atoms with E-state index in [1.165, 1.54) is 0 Å². The second-order valence-electron chi connectivity index (χ2n) is 6.25. The fraction of sp³-hybridized carbons (Fsp3) is 0.211. The predicted molar refractivity (Wildman–Crippen MR) is 106 cm³/mol. The number of benzene rings is 2. The van der Waals surface area contributed by atoms with E-state index in [9.17, 15) is 8.42 Å². The van der Waals surface area contributed by atoms with Crippen molar-refractivity contribution < 1.29 is 13.2 Å². The Bertz CT molecular complexity index is 975. The van der Waals surface area contributed by atoms with Crippen molar-refractivity contribution in [2.24, 2.45) is 0 Å². The van der Waals surface area contributed by atoms with Crippen molar-refractivity contribution in [1.29, 1.82) is 0 Å². The molecule has 1 fully saturated rings. The molecular weight excluding hydrogens is 382 g/mol. The summed E-state index contributed by atoms with van der Waals surface area (Å²) in [6.45, 7) is 1.42. The maximum atomic E-state index is 12.7. The number of sulfonamides is 1. The molecule has 0 amide bonds. The maximum Gasteiger partial charge on any atom is 0.240 e. The number of nitrogens with zero attached hydrogens (tertiary/aromatic N) is 2. The summed E-state index contributed by atoms with van der Waals surface area (Å²) in [5.41, 5.74) is 0. The molecule has 0 spiro atoms. The highest BCUT2D eigenvalue weighted by Crippen LogP contribution is 2.25. The summed E-state index contributed by atoms with van der Waals surface area (Å²) in [6, 6.07) is 15.7. The molecule has 1 saturated heterocycles.